The predicted molar refractivity (Wildman–Crippen MR) is 82.3 cm³/mol. The fourth-order valence-corrected chi connectivity index (χ4v) is 4.12. The van der Waals surface area contributed by atoms with Crippen molar-refractivity contribution in [1.82, 2.24) is 19.2 Å². The highest BCUT2D eigenvalue weighted by Crippen LogP contribution is 2.17. The molecule has 3 N–H and O–H groups in total. The molecule has 0 bridgehead atoms. The molecule has 1 fully saturated rings. The van der Waals surface area contributed by atoms with Gasteiger partial charge in [0.1, 0.15) is 0 Å². The van der Waals surface area contributed by atoms with Crippen molar-refractivity contribution in [3.05, 3.63) is 6.33 Å². The van der Waals surface area contributed by atoms with Crippen LogP contribution in [-0.2, 0) is 17.1 Å². The van der Waals surface area contributed by atoms with Crippen LogP contribution in [0.4, 0.5) is 5.82 Å². The first-order chi connectivity index (χ1) is 9.92. The molecule has 2 heterocycles. The van der Waals surface area contributed by atoms with Crippen molar-refractivity contribution in [3.8, 4) is 0 Å². The summed E-state index contributed by atoms with van der Waals surface area (Å²) in [5.74, 6) is 0.0367. The summed E-state index contributed by atoms with van der Waals surface area (Å²) in [6.07, 6.45) is 5.96. The number of nitrogens with zero attached hydrogens (tertiary/aromatic N) is 3. The summed E-state index contributed by atoms with van der Waals surface area (Å²) >= 11 is 0. The minimum Gasteiger partial charge on any atom is -0.381 e. The molecule has 0 radical (unpaired) electrons. The summed E-state index contributed by atoms with van der Waals surface area (Å²) in [5.41, 5.74) is 5.61. The summed E-state index contributed by atoms with van der Waals surface area (Å²) in [7, 11) is -1.97. The van der Waals surface area contributed by atoms with Crippen molar-refractivity contribution in [1.29, 1.82) is 0 Å². The molecule has 0 aromatic carbocycles. The van der Waals surface area contributed by atoms with Crippen LogP contribution < -0.4 is 10.5 Å². The molecule has 8 heteroatoms. The third kappa shape index (κ3) is 3.96. The summed E-state index contributed by atoms with van der Waals surface area (Å²) in [6, 6.07) is 0.600. The maximum absolute atomic E-state index is 12.2. The van der Waals surface area contributed by atoms with Gasteiger partial charge in [0.2, 0.25) is 0 Å². The number of nitrogens with one attached hydrogen (secondary N) is 1. The Morgan fingerprint density at radius 2 is 2.24 bits per heavy atom. The number of imidazole rings is 1. The van der Waals surface area contributed by atoms with Crippen LogP contribution in [0.25, 0.3) is 0 Å². The number of rotatable bonds is 6. The Hall–Kier alpha value is -1.12. The van der Waals surface area contributed by atoms with Gasteiger partial charge in [0.05, 0.1) is 6.33 Å². The molecular formula is C13H25N5O2S. The molecule has 7 nitrogen and oxygen atoms in total. The molecule has 1 unspecified atom stereocenters. The van der Waals surface area contributed by atoms with Crippen molar-refractivity contribution in [2.75, 3.05) is 25.4 Å². The van der Waals surface area contributed by atoms with E-state index in [1.54, 1.807) is 7.05 Å². The minimum absolute atomic E-state index is 0.0360. The van der Waals surface area contributed by atoms with E-state index < -0.39 is 10.0 Å². The van der Waals surface area contributed by atoms with Gasteiger partial charge >= 0.3 is 0 Å². The predicted octanol–water partition coefficient (Wildman–Crippen LogP) is 0.545. The van der Waals surface area contributed by atoms with Crippen molar-refractivity contribution in [2.24, 2.45) is 7.05 Å². The monoisotopic (exact) mass is 315 g/mol. The lowest BCUT2D eigenvalue weighted by Gasteiger charge is -2.33. The zero-order chi connectivity index (χ0) is 15.5. The third-order valence-corrected chi connectivity index (χ3v) is 5.61. The summed E-state index contributed by atoms with van der Waals surface area (Å²) in [5, 5.41) is 0.0360. The third-order valence-electron chi connectivity index (χ3n) is 4.02. The number of aromatic nitrogens is 2. The molecular weight excluding hydrogens is 290 g/mol. The molecule has 0 aliphatic carbocycles. The summed E-state index contributed by atoms with van der Waals surface area (Å²) in [4.78, 5) is 6.23. The van der Waals surface area contributed by atoms with Crippen LogP contribution in [0, 0.1) is 0 Å². The van der Waals surface area contributed by atoms with E-state index in [1.165, 1.54) is 30.2 Å². The highest BCUT2D eigenvalue weighted by Gasteiger charge is 2.22. The van der Waals surface area contributed by atoms with E-state index in [2.05, 4.69) is 21.5 Å². The topological polar surface area (TPSA) is 93.2 Å². The minimum atomic E-state index is -3.59. The zero-order valence-corrected chi connectivity index (χ0v) is 13.6. The van der Waals surface area contributed by atoms with Gasteiger partial charge in [-0.1, -0.05) is 6.42 Å². The van der Waals surface area contributed by atoms with E-state index in [0.717, 1.165) is 19.5 Å². The van der Waals surface area contributed by atoms with E-state index in [0.29, 0.717) is 12.6 Å². The number of aryl methyl sites for hydroxylation is 1. The van der Waals surface area contributed by atoms with Gasteiger partial charge < -0.3 is 15.2 Å². The van der Waals surface area contributed by atoms with E-state index in [9.17, 15) is 8.42 Å². The summed E-state index contributed by atoms with van der Waals surface area (Å²) in [6.45, 7) is 4.68. The van der Waals surface area contributed by atoms with Crippen LogP contribution in [0.15, 0.2) is 11.4 Å². The van der Waals surface area contributed by atoms with Crippen molar-refractivity contribution in [3.63, 3.8) is 0 Å². The molecule has 1 aliphatic heterocycles. The molecule has 0 amide bonds. The molecule has 1 aromatic heterocycles. The van der Waals surface area contributed by atoms with Gasteiger partial charge in [-0.25, -0.2) is 18.1 Å². The van der Waals surface area contributed by atoms with E-state index in [-0.39, 0.29) is 10.8 Å². The maximum atomic E-state index is 12.2. The van der Waals surface area contributed by atoms with Crippen molar-refractivity contribution >= 4 is 15.8 Å². The second kappa shape index (κ2) is 6.76. The molecule has 1 atom stereocenters. The molecule has 120 valence electrons. The Kier molecular flexibility index (Phi) is 5.23. The average Bonchev–Trinajstić information content (AvgIpc) is 2.77. The van der Waals surface area contributed by atoms with Gasteiger partial charge in [0.15, 0.2) is 10.8 Å². The van der Waals surface area contributed by atoms with Gasteiger partial charge in [0, 0.05) is 19.6 Å². The van der Waals surface area contributed by atoms with Gasteiger partial charge in [0.25, 0.3) is 10.0 Å². The second-order valence-corrected chi connectivity index (χ2v) is 7.36. The number of hydrogen-bond donors (Lipinski definition) is 2. The normalized spacial score (nSPS) is 20.8. The number of piperidine rings is 1. The number of anilines is 1. The van der Waals surface area contributed by atoms with Crippen LogP contribution in [-0.4, -0.2) is 48.5 Å². The van der Waals surface area contributed by atoms with E-state index >= 15 is 0 Å². The van der Waals surface area contributed by atoms with Crippen LogP contribution in [0.1, 0.15) is 32.6 Å². The number of hydrogen-bond acceptors (Lipinski definition) is 5. The lowest BCUT2D eigenvalue weighted by Crippen LogP contribution is -2.39. The molecule has 21 heavy (non-hydrogen) atoms. The van der Waals surface area contributed by atoms with E-state index in [4.69, 9.17) is 5.73 Å². The van der Waals surface area contributed by atoms with Crippen molar-refractivity contribution in [2.45, 2.75) is 43.7 Å². The SMILES string of the molecule is CC1CCCCN1CCCNS(=O)(=O)c1c(N)ncn1C. The molecule has 0 saturated carbocycles. The highest BCUT2D eigenvalue weighted by molar-refractivity contribution is 7.89. The molecule has 2 rings (SSSR count). The number of nitrogens with two attached hydrogens (primary N) is 1. The maximum Gasteiger partial charge on any atom is 0.260 e. The largest absolute Gasteiger partial charge is 0.381 e. The first-order valence-electron chi connectivity index (χ1n) is 7.42. The summed E-state index contributed by atoms with van der Waals surface area (Å²) < 4.78 is 28.4. The smallest absolute Gasteiger partial charge is 0.260 e. The van der Waals surface area contributed by atoms with Crippen LogP contribution in [0.5, 0.6) is 0 Å². The van der Waals surface area contributed by atoms with Crippen molar-refractivity contribution < 1.29 is 8.42 Å². The highest BCUT2D eigenvalue weighted by atomic mass is 32.2. The first kappa shape index (κ1) is 16.3. The van der Waals surface area contributed by atoms with Gasteiger partial charge in [-0.2, -0.15) is 0 Å². The van der Waals surface area contributed by atoms with Crippen LogP contribution in [0.3, 0.4) is 0 Å². The Balaban J connectivity index is 1.83. The zero-order valence-electron chi connectivity index (χ0n) is 12.7. The Labute approximate surface area is 126 Å². The molecule has 1 aliphatic rings. The first-order valence-corrected chi connectivity index (χ1v) is 8.90. The standard InChI is InChI=1S/C13H25N5O2S/c1-11-6-3-4-8-18(11)9-5-7-16-21(19,20)13-12(14)15-10-17(13)2/h10-11,16H,3-9,14H2,1-2H3. The Morgan fingerprint density at radius 1 is 1.48 bits per heavy atom. The lowest BCUT2D eigenvalue weighted by molar-refractivity contribution is 0.159. The molecule has 1 saturated heterocycles. The van der Waals surface area contributed by atoms with Gasteiger partial charge in [-0.05, 0) is 39.3 Å². The van der Waals surface area contributed by atoms with E-state index in [1.807, 2.05) is 0 Å². The fourth-order valence-electron chi connectivity index (χ4n) is 2.81. The number of sulfonamides is 1. The molecule has 1 aromatic rings. The quantitative estimate of drug-likeness (QED) is 0.748. The Morgan fingerprint density at radius 3 is 2.86 bits per heavy atom. The fraction of sp³-hybridized carbons (Fsp3) is 0.769. The van der Waals surface area contributed by atoms with Gasteiger partial charge in [-0.15, -0.1) is 0 Å². The number of likely N-dealkylation sites (tertiary alicyclic amines) is 1. The average molecular weight is 315 g/mol. The van der Waals surface area contributed by atoms with Gasteiger partial charge in [-0.3, -0.25) is 0 Å². The van der Waals surface area contributed by atoms with Crippen LogP contribution >= 0.6 is 0 Å². The Bertz CT molecular complexity index is 550. The van der Waals surface area contributed by atoms with Crippen LogP contribution in [0.2, 0.25) is 0 Å². The lowest BCUT2D eigenvalue weighted by atomic mass is 10.0. The second-order valence-electron chi connectivity index (χ2n) is 5.68. The number of nitrogen functional groups attached to an aromatic ring is 1. The molecule has 0 spiro atoms.